The van der Waals surface area contributed by atoms with E-state index in [1.54, 1.807) is 30.3 Å². The summed E-state index contributed by atoms with van der Waals surface area (Å²) in [5.74, 6) is -1.44. The van der Waals surface area contributed by atoms with Gasteiger partial charge in [0.25, 0.3) is 26.1 Å². The van der Waals surface area contributed by atoms with E-state index in [0.29, 0.717) is 5.69 Å². The molecule has 0 aliphatic carbocycles. The molecular formula is C23H17N3O8S2. The molecule has 184 valence electrons. The standard InChI is InChI=1S/C23H17N3O8S2/c27-22-17-11-10-16(24-23(28)18-8-4-5-9-19(18)35(29,30)31)12-14(17)13-20(36(32,33)34)21(22)26-25-15-6-2-1-3-7-15/h1-13,27H,(H,24,28)(H,29,30,31)(H,32,33,34). The Hall–Kier alpha value is -4.17. The summed E-state index contributed by atoms with van der Waals surface area (Å²) in [4.78, 5) is 11.4. The Morgan fingerprint density at radius 1 is 0.750 bits per heavy atom. The molecule has 0 unspecified atom stereocenters. The smallest absolute Gasteiger partial charge is 0.296 e. The topological polar surface area (TPSA) is 183 Å². The molecule has 11 nitrogen and oxygen atoms in total. The van der Waals surface area contributed by atoms with Crippen LogP contribution in [0.25, 0.3) is 10.8 Å². The third-order valence-corrected chi connectivity index (χ3v) is 6.80. The van der Waals surface area contributed by atoms with E-state index in [4.69, 9.17) is 0 Å². The van der Waals surface area contributed by atoms with Crippen LogP contribution in [0, 0.1) is 0 Å². The highest BCUT2D eigenvalue weighted by molar-refractivity contribution is 7.86. The van der Waals surface area contributed by atoms with Gasteiger partial charge in [-0.1, -0.05) is 30.3 Å². The number of fused-ring (bicyclic) bond motifs is 1. The van der Waals surface area contributed by atoms with Crippen LogP contribution in [0.15, 0.2) is 98.9 Å². The molecule has 0 aliphatic heterocycles. The Bertz CT molecular complexity index is 1740. The molecule has 4 rings (SSSR count). The Kier molecular flexibility index (Phi) is 6.56. The third kappa shape index (κ3) is 5.23. The molecule has 13 heteroatoms. The molecule has 0 fully saturated rings. The summed E-state index contributed by atoms with van der Waals surface area (Å²) in [7, 11) is -9.52. The number of rotatable bonds is 6. The number of nitrogens with zero attached hydrogens (tertiary/aromatic N) is 2. The molecule has 0 atom stereocenters. The van der Waals surface area contributed by atoms with E-state index in [0.717, 1.165) is 12.1 Å². The minimum atomic E-state index is -4.85. The minimum absolute atomic E-state index is 0.108. The molecule has 0 saturated heterocycles. The van der Waals surface area contributed by atoms with Gasteiger partial charge in [0, 0.05) is 11.1 Å². The Balaban J connectivity index is 1.77. The van der Waals surface area contributed by atoms with Crippen LogP contribution in [0.1, 0.15) is 10.4 Å². The average molecular weight is 528 g/mol. The van der Waals surface area contributed by atoms with E-state index in [1.807, 2.05) is 0 Å². The lowest BCUT2D eigenvalue weighted by Crippen LogP contribution is -2.16. The fraction of sp³-hybridized carbons (Fsp3) is 0. The highest BCUT2D eigenvalue weighted by Crippen LogP contribution is 2.42. The van der Waals surface area contributed by atoms with Crippen LogP contribution in [-0.2, 0) is 20.2 Å². The lowest BCUT2D eigenvalue weighted by Gasteiger charge is -2.12. The zero-order valence-corrected chi connectivity index (χ0v) is 19.7. The Morgan fingerprint density at radius 2 is 1.39 bits per heavy atom. The van der Waals surface area contributed by atoms with Gasteiger partial charge in [-0.05, 0) is 53.9 Å². The predicted octanol–water partition coefficient (Wildman–Crippen LogP) is 4.71. The highest BCUT2D eigenvalue weighted by atomic mass is 32.2. The number of anilines is 1. The second-order valence-electron chi connectivity index (χ2n) is 7.44. The van der Waals surface area contributed by atoms with Crippen LogP contribution in [0.5, 0.6) is 5.75 Å². The molecule has 0 bridgehead atoms. The van der Waals surface area contributed by atoms with Crippen LogP contribution in [-0.4, -0.2) is 37.0 Å². The maximum atomic E-state index is 12.7. The fourth-order valence-electron chi connectivity index (χ4n) is 3.40. The van der Waals surface area contributed by atoms with Gasteiger partial charge in [0.1, 0.15) is 15.5 Å². The van der Waals surface area contributed by atoms with Gasteiger partial charge in [0.15, 0.2) is 5.75 Å². The number of aromatic hydroxyl groups is 1. The zero-order chi connectivity index (χ0) is 26.1. The molecule has 0 aliphatic rings. The number of azo groups is 1. The maximum Gasteiger partial charge on any atom is 0.296 e. The van der Waals surface area contributed by atoms with Crippen molar-refractivity contribution in [2.45, 2.75) is 9.79 Å². The number of hydrogen-bond acceptors (Lipinski definition) is 8. The van der Waals surface area contributed by atoms with Crippen LogP contribution < -0.4 is 5.32 Å². The van der Waals surface area contributed by atoms with E-state index < -0.39 is 47.4 Å². The minimum Gasteiger partial charge on any atom is -0.505 e. The van der Waals surface area contributed by atoms with Crippen molar-refractivity contribution in [3.8, 4) is 5.75 Å². The molecule has 4 aromatic rings. The van der Waals surface area contributed by atoms with Crippen LogP contribution in [0.3, 0.4) is 0 Å². The second kappa shape index (κ2) is 9.47. The molecule has 4 aromatic carbocycles. The predicted molar refractivity (Wildman–Crippen MR) is 130 cm³/mol. The van der Waals surface area contributed by atoms with Gasteiger partial charge in [-0.25, -0.2) is 0 Å². The lowest BCUT2D eigenvalue weighted by molar-refractivity contribution is 0.102. The molecule has 0 spiro atoms. The van der Waals surface area contributed by atoms with Crippen molar-refractivity contribution in [3.63, 3.8) is 0 Å². The van der Waals surface area contributed by atoms with E-state index >= 15 is 0 Å². The van der Waals surface area contributed by atoms with Crippen LogP contribution >= 0.6 is 0 Å². The van der Waals surface area contributed by atoms with Crippen molar-refractivity contribution in [1.82, 2.24) is 0 Å². The lowest BCUT2D eigenvalue weighted by atomic mass is 10.1. The van der Waals surface area contributed by atoms with Gasteiger partial charge in [-0.2, -0.15) is 21.9 Å². The summed E-state index contributed by atoms with van der Waals surface area (Å²) in [6.45, 7) is 0. The number of phenolic OH excluding ortho intramolecular Hbond substituents is 1. The van der Waals surface area contributed by atoms with E-state index in [1.165, 1.54) is 36.4 Å². The fourth-order valence-corrected chi connectivity index (χ4v) is 4.75. The van der Waals surface area contributed by atoms with Gasteiger partial charge in [-0.3, -0.25) is 13.9 Å². The number of carbonyl (C=O) groups excluding carboxylic acids is 1. The van der Waals surface area contributed by atoms with Gasteiger partial charge >= 0.3 is 0 Å². The van der Waals surface area contributed by atoms with Crippen molar-refractivity contribution < 1.29 is 35.8 Å². The SMILES string of the molecule is O=C(Nc1ccc2c(O)c(N=Nc3ccccc3)c(S(=O)(=O)O)cc2c1)c1ccccc1S(=O)(=O)O. The monoisotopic (exact) mass is 527 g/mol. The van der Waals surface area contributed by atoms with E-state index in [2.05, 4.69) is 15.5 Å². The number of phenols is 1. The molecule has 0 aromatic heterocycles. The molecule has 0 radical (unpaired) electrons. The van der Waals surface area contributed by atoms with Crippen molar-refractivity contribution in [2.75, 3.05) is 5.32 Å². The normalized spacial score (nSPS) is 12.2. The second-order valence-corrected chi connectivity index (χ2v) is 10.2. The zero-order valence-electron chi connectivity index (χ0n) is 18.1. The molecule has 4 N–H and O–H groups in total. The highest BCUT2D eigenvalue weighted by Gasteiger charge is 2.23. The summed E-state index contributed by atoms with van der Waals surface area (Å²) in [6.07, 6.45) is 0. The Morgan fingerprint density at radius 3 is 2.06 bits per heavy atom. The maximum absolute atomic E-state index is 12.7. The average Bonchev–Trinajstić information content (AvgIpc) is 2.82. The molecule has 0 heterocycles. The number of nitrogens with one attached hydrogen (secondary N) is 1. The third-order valence-electron chi connectivity index (χ3n) is 5.02. The van der Waals surface area contributed by atoms with E-state index in [9.17, 15) is 35.8 Å². The van der Waals surface area contributed by atoms with Gasteiger partial charge in [0.2, 0.25) is 0 Å². The first-order valence-corrected chi connectivity index (χ1v) is 12.9. The molecule has 0 saturated carbocycles. The number of carbonyl (C=O) groups is 1. The molecular weight excluding hydrogens is 510 g/mol. The summed E-state index contributed by atoms with van der Waals surface area (Å²) >= 11 is 0. The van der Waals surface area contributed by atoms with Crippen LogP contribution in [0.2, 0.25) is 0 Å². The summed E-state index contributed by atoms with van der Waals surface area (Å²) in [5.41, 5.74) is -0.315. The number of amides is 1. The van der Waals surface area contributed by atoms with Gasteiger partial charge < -0.3 is 10.4 Å². The first-order chi connectivity index (χ1) is 16.9. The van der Waals surface area contributed by atoms with Crippen molar-refractivity contribution >= 4 is 54.0 Å². The summed E-state index contributed by atoms with van der Waals surface area (Å²) in [6, 6.07) is 18.4. The van der Waals surface area contributed by atoms with E-state index in [-0.39, 0.29) is 22.0 Å². The van der Waals surface area contributed by atoms with Crippen molar-refractivity contribution in [2.24, 2.45) is 10.2 Å². The van der Waals surface area contributed by atoms with Crippen LogP contribution in [0.4, 0.5) is 17.1 Å². The first kappa shape index (κ1) is 24.9. The summed E-state index contributed by atoms with van der Waals surface area (Å²) < 4.78 is 66.3. The van der Waals surface area contributed by atoms with Crippen molar-refractivity contribution in [1.29, 1.82) is 0 Å². The summed E-state index contributed by atoms with van der Waals surface area (Å²) in [5, 5.41) is 21.2. The molecule has 1 amide bonds. The van der Waals surface area contributed by atoms with Gasteiger partial charge in [-0.15, -0.1) is 5.11 Å². The first-order valence-electron chi connectivity index (χ1n) is 10.1. The Labute approximate surface area is 205 Å². The quantitative estimate of drug-likeness (QED) is 0.205. The van der Waals surface area contributed by atoms with Gasteiger partial charge in [0.05, 0.1) is 11.3 Å². The largest absolute Gasteiger partial charge is 0.505 e. The number of hydrogen-bond donors (Lipinski definition) is 4. The van der Waals surface area contributed by atoms with Crippen molar-refractivity contribution in [3.05, 3.63) is 84.4 Å². The number of benzene rings is 4. The molecule has 36 heavy (non-hydrogen) atoms.